The molecule has 0 amide bonds. The first-order valence-corrected chi connectivity index (χ1v) is 8.47. The van der Waals surface area contributed by atoms with Crippen molar-refractivity contribution in [2.45, 2.75) is 6.92 Å². The summed E-state index contributed by atoms with van der Waals surface area (Å²) in [6.07, 6.45) is 1.62. The lowest BCUT2D eigenvalue weighted by molar-refractivity contribution is -0.139. The third-order valence-electron chi connectivity index (χ3n) is 2.96. The lowest BCUT2D eigenvalue weighted by Gasteiger charge is -2.10. The number of benzene rings is 2. The molecule has 0 unspecified atom stereocenters. The summed E-state index contributed by atoms with van der Waals surface area (Å²) in [5.41, 5.74) is 2.25. The van der Waals surface area contributed by atoms with Crippen LogP contribution in [0.1, 0.15) is 11.1 Å². The fourth-order valence-electron chi connectivity index (χ4n) is 1.84. The van der Waals surface area contributed by atoms with Crippen LogP contribution in [0.2, 0.25) is 5.02 Å². The first-order chi connectivity index (χ1) is 10.9. The Labute approximate surface area is 155 Å². The Morgan fingerprint density at radius 2 is 2.13 bits per heavy atom. The Kier molecular flexibility index (Phi) is 6.21. The summed E-state index contributed by atoms with van der Waals surface area (Å²) < 4.78 is 6.79. The van der Waals surface area contributed by atoms with E-state index in [0.717, 1.165) is 15.7 Å². The van der Waals surface area contributed by atoms with E-state index in [4.69, 9.17) is 21.4 Å². The van der Waals surface area contributed by atoms with Crippen molar-refractivity contribution in [3.05, 3.63) is 55.4 Å². The predicted octanol–water partition coefficient (Wildman–Crippen LogP) is 5.39. The molecule has 2 rings (SSSR count). The molecule has 0 spiro atoms. The highest BCUT2D eigenvalue weighted by atomic mass is 79.9. The van der Waals surface area contributed by atoms with E-state index >= 15 is 0 Å². The molecule has 2 aromatic rings. The first kappa shape index (κ1) is 18.0. The second kappa shape index (κ2) is 7.95. The van der Waals surface area contributed by atoms with E-state index < -0.39 is 12.6 Å². The molecular formula is C16H12Br2ClNO3. The standard InChI is InChI=1S/C16H12Br2ClNO3/c1-9-13(19)3-2-4-14(9)20-7-10-5-11(17)6-12(18)16(10)23-8-15(21)22/h2-7H,8H2,1H3,(H,21,22). The van der Waals surface area contributed by atoms with Gasteiger partial charge in [0.15, 0.2) is 6.61 Å². The number of aliphatic imine (C=N–C) groups is 1. The van der Waals surface area contributed by atoms with E-state index in [1.165, 1.54) is 0 Å². The molecule has 0 saturated carbocycles. The molecule has 0 aliphatic heterocycles. The van der Waals surface area contributed by atoms with Gasteiger partial charge in [-0.25, -0.2) is 4.79 Å². The highest BCUT2D eigenvalue weighted by molar-refractivity contribution is 9.11. The lowest BCUT2D eigenvalue weighted by atomic mass is 10.2. The maximum atomic E-state index is 10.7. The smallest absolute Gasteiger partial charge is 0.341 e. The molecule has 0 radical (unpaired) electrons. The first-order valence-electron chi connectivity index (χ1n) is 6.51. The number of carbonyl (C=O) groups is 1. The van der Waals surface area contributed by atoms with Crippen molar-refractivity contribution < 1.29 is 14.6 Å². The van der Waals surface area contributed by atoms with Crippen molar-refractivity contribution in [2.75, 3.05) is 6.61 Å². The molecule has 2 aromatic carbocycles. The van der Waals surface area contributed by atoms with Crippen LogP contribution in [0, 0.1) is 6.92 Å². The van der Waals surface area contributed by atoms with E-state index in [0.29, 0.717) is 20.8 Å². The summed E-state index contributed by atoms with van der Waals surface area (Å²) in [5, 5.41) is 9.42. The fourth-order valence-corrected chi connectivity index (χ4v) is 3.38. The SMILES string of the molecule is Cc1c(Cl)cccc1N=Cc1cc(Br)cc(Br)c1OCC(=O)O. The van der Waals surface area contributed by atoms with E-state index in [1.807, 2.05) is 19.1 Å². The molecule has 0 aliphatic carbocycles. The number of hydrogen-bond donors (Lipinski definition) is 1. The highest BCUT2D eigenvalue weighted by Crippen LogP contribution is 2.33. The minimum absolute atomic E-state index is 0.416. The van der Waals surface area contributed by atoms with E-state index in [-0.39, 0.29) is 0 Å². The lowest BCUT2D eigenvalue weighted by Crippen LogP contribution is -2.11. The van der Waals surface area contributed by atoms with Gasteiger partial charge in [0.1, 0.15) is 5.75 Å². The van der Waals surface area contributed by atoms with Gasteiger partial charge in [-0.3, -0.25) is 4.99 Å². The average molecular weight is 462 g/mol. The average Bonchev–Trinajstić information content (AvgIpc) is 2.47. The van der Waals surface area contributed by atoms with Crippen LogP contribution >= 0.6 is 43.5 Å². The maximum Gasteiger partial charge on any atom is 0.341 e. The van der Waals surface area contributed by atoms with Gasteiger partial charge in [0, 0.05) is 21.3 Å². The zero-order chi connectivity index (χ0) is 17.0. The molecule has 0 bridgehead atoms. The quantitative estimate of drug-likeness (QED) is 0.608. The number of aliphatic carboxylic acids is 1. The van der Waals surface area contributed by atoms with Crippen molar-refractivity contribution in [1.29, 1.82) is 0 Å². The molecule has 0 aliphatic rings. The van der Waals surface area contributed by atoms with Crippen LogP contribution in [0.15, 0.2) is 44.3 Å². The summed E-state index contributed by atoms with van der Waals surface area (Å²) >= 11 is 12.8. The fraction of sp³-hybridized carbons (Fsp3) is 0.125. The zero-order valence-corrected chi connectivity index (χ0v) is 15.9. The van der Waals surface area contributed by atoms with Gasteiger partial charge in [-0.05, 0) is 52.7 Å². The summed E-state index contributed by atoms with van der Waals surface area (Å²) in [4.78, 5) is 15.2. The van der Waals surface area contributed by atoms with Crippen LogP contribution in [-0.2, 0) is 4.79 Å². The number of hydrogen-bond acceptors (Lipinski definition) is 3. The second-order valence-corrected chi connectivity index (χ2v) is 6.81. The third-order valence-corrected chi connectivity index (χ3v) is 4.42. The van der Waals surface area contributed by atoms with Gasteiger partial charge in [0.2, 0.25) is 0 Å². The van der Waals surface area contributed by atoms with Crippen LogP contribution < -0.4 is 4.74 Å². The number of rotatable bonds is 5. The molecule has 23 heavy (non-hydrogen) atoms. The van der Waals surface area contributed by atoms with Gasteiger partial charge in [-0.2, -0.15) is 0 Å². The summed E-state index contributed by atoms with van der Waals surface area (Å²) in [5.74, 6) is -0.632. The minimum atomic E-state index is -1.05. The molecule has 0 fully saturated rings. The Morgan fingerprint density at radius 1 is 1.39 bits per heavy atom. The van der Waals surface area contributed by atoms with Gasteiger partial charge >= 0.3 is 5.97 Å². The molecule has 1 N–H and O–H groups in total. The highest BCUT2D eigenvalue weighted by Gasteiger charge is 2.11. The Morgan fingerprint density at radius 3 is 2.83 bits per heavy atom. The van der Waals surface area contributed by atoms with Gasteiger partial charge < -0.3 is 9.84 Å². The topological polar surface area (TPSA) is 58.9 Å². The van der Waals surface area contributed by atoms with Gasteiger partial charge in [-0.1, -0.05) is 33.6 Å². The summed E-state index contributed by atoms with van der Waals surface area (Å²) in [6, 6.07) is 9.04. The van der Waals surface area contributed by atoms with Crippen LogP contribution in [0.25, 0.3) is 0 Å². The number of ether oxygens (including phenoxy) is 1. The molecule has 0 atom stereocenters. The summed E-state index contributed by atoms with van der Waals surface area (Å²) in [7, 11) is 0. The van der Waals surface area contributed by atoms with E-state index in [9.17, 15) is 4.79 Å². The number of halogens is 3. The number of carboxylic acids is 1. The van der Waals surface area contributed by atoms with Crippen LogP contribution in [0.4, 0.5) is 5.69 Å². The molecule has 0 saturated heterocycles. The predicted molar refractivity (Wildman–Crippen MR) is 98.4 cm³/mol. The minimum Gasteiger partial charge on any atom is -0.480 e. The van der Waals surface area contributed by atoms with Crippen molar-refractivity contribution in [1.82, 2.24) is 0 Å². The maximum absolute atomic E-state index is 10.7. The molecule has 120 valence electrons. The summed E-state index contributed by atoms with van der Waals surface area (Å²) in [6.45, 7) is 1.45. The monoisotopic (exact) mass is 459 g/mol. The van der Waals surface area contributed by atoms with Crippen molar-refractivity contribution in [2.24, 2.45) is 4.99 Å². The molecule has 7 heteroatoms. The molecular weight excluding hydrogens is 449 g/mol. The van der Waals surface area contributed by atoms with Crippen molar-refractivity contribution >= 4 is 61.3 Å². The van der Waals surface area contributed by atoms with Gasteiger partial charge in [0.05, 0.1) is 10.2 Å². The Bertz CT molecular complexity index is 778. The van der Waals surface area contributed by atoms with E-state index in [2.05, 4.69) is 36.9 Å². The second-order valence-electron chi connectivity index (χ2n) is 4.63. The van der Waals surface area contributed by atoms with E-state index in [1.54, 1.807) is 24.4 Å². The Balaban J connectivity index is 2.39. The molecule has 0 heterocycles. The molecule has 4 nitrogen and oxygen atoms in total. The Hall–Kier alpha value is -1.37. The van der Waals surface area contributed by atoms with Crippen molar-refractivity contribution in [3.63, 3.8) is 0 Å². The normalized spacial score (nSPS) is 11.0. The van der Waals surface area contributed by atoms with Crippen molar-refractivity contribution in [3.8, 4) is 5.75 Å². The third kappa shape index (κ3) is 4.80. The van der Waals surface area contributed by atoms with Crippen LogP contribution in [0.3, 0.4) is 0 Å². The zero-order valence-electron chi connectivity index (χ0n) is 12.0. The largest absolute Gasteiger partial charge is 0.480 e. The van der Waals surface area contributed by atoms with Crippen LogP contribution in [-0.4, -0.2) is 23.9 Å². The number of carboxylic acid groups (broad SMARTS) is 1. The number of nitrogens with zero attached hydrogens (tertiary/aromatic N) is 1. The molecule has 0 aromatic heterocycles. The van der Waals surface area contributed by atoms with Gasteiger partial charge in [0.25, 0.3) is 0 Å². The van der Waals surface area contributed by atoms with Gasteiger partial charge in [-0.15, -0.1) is 0 Å². The van der Waals surface area contributed by atoms with Crippen LogP contribution in [0.5, 0.6) is 5.75 Å².